The maximum absolute atomic E-state index is 13.1. The number of esters is 1. The van der Waals surface area contributed by atoms with Crippen LogP contribution in [0.1, 0.15) is 45.8 Å². The highest BCUT2D eigenvalue weighted by molar-refractivity contribution is 6.40. The van der Waals surface area contributed by atoms with Crippen molar-refractivity contribution < 1.29 is 19.1 Å². The molecule has 0 amide bonds. The van der Waals surface area contributed by atoms with Gasteiger partial charge in [0.15, 0.2) is 5.78 Å². The van der Waals surface area contributed by atoms with Crippen molar-refractivity contribution >= 4 is 17.5 Å². The van der Waals surface area contributed by atoms with Gasteiger partial charge < -0.3 is 4.74 Å². The maximum Gasteiger partial charge on any atom is 0.375 e. The maximum atomic E-state index is 13.1. The molecule has 25 heavy (non-hydrogen) atoms. The van der Waals surface area contributed by atoms with Gasteiger partial charge in [0.25, 0.3) is 5.78 Å². The van der Waals surface area contributed by atoms with E-state index in [0.717, 1.165) is 23.8 Å². The molecule has 0 saturated carbocycles. The Bertz CT molecular complexity index is 852. The van der Waals surface area contributed by atoms with Crippen molar-refractivity contribution in [3.8, 4) is 0 Å². The largest absolute Gasteiger partial charge is 0.463 e. The Morgan fingerprint density at radius 1 is 0.960 bits per heavy atom. The van der Waals surface area contributed by atoms with E-state index in [9.17, 15) is 14.4 Å². The molecule has 0 saturated heterocycles. The van der Waals surface area contributed by atoms with Crippen molar-refractivity contribution in [2.45, 2.75) is 25.7 Å². The van der Waals surface area contributed by atoms with Gasteiger partial charge in [0.1, 0.15) is 5.92 Å². The SMILES string of the molecule is COC(=O)C(=O)[C@H]1C(=O)c2ccccc2[C@@H](C)[C@H]1c1ccccc1C. The highest BCUT2D eigenvalue weighted by atomic mass is 16.5. The molecular weight excluding hydrogens is 316 g/mol. The van der Waals surface area contributed by atoms with Crippen LogP contribution >= 0.6 is 0 Å². The Hall–Kier alpha value is -2.75. The van der Waals surface area contributed by atoms with Crippen LogP contribution in [0.15, 0.2) is 48.5 Å². The van der Waals surface area contributed by atoms with Crippen molar-refractivity contribution in [2.75, 3.05) is 7.11 Å². The van der Waals surface area contributed by atoms with Gasteiger partial charge in [-0.2, -0.15) is 0 Å². The van der Waals surface area contributed by atoms with Gasteiger partial charge in [-0.15, -0.1) is 0 Å². The lowest BCUT2D eigenvalue weighted by atomic mass is 9.64. The lowest BCUT2D eigenvalue weighted by Crippen LogP contribution is -2.41. The molecule has 0 heterocycles. The Morgan fingerprint density at radius 2 is 1.56 bits per heavy atom. The van der Waals surface area contributed by atoms with E-state index in [2.05, 4.69) is 4.74 Å². The minimum absolute atomic E-state index is 0.0754. The number of carbonyl (C=O) groups is 3. The van der Waals surface area contributed by atoms with Crippen LogP contribution < -0.4 is 0 Å². The van der Waals surface area contributed by atoms with Crippen LogP contribution in [0.5, 0.6) is 0 Å². The summed E-state index contributed by atoms with van der Waals surface area (Å²) in [5, 5.41) is 0. The van der Waals surface area contributed by atoms with E-state index in [1.54, 1.807) is 12.1 Å². The molecule has 0 fully saturated rings. The van der Waals surface area contributed by atoms with Crippen molar-refractivity contribution in [1.82, 2.24) is 0 Å². The first-order valence-electron chi connectivity index (χ1n) is 8.28. The summed E-state index contributed by atoms with van der Waals surface area (Å²) in [5.41, 5.74) is 3.34. The second-order valence-corrected chi connectivity index (χ2v) is 6.46. The van der Waals surface area contributed by atoms with Crippen LogP contribution in [0.4, 0.5) is 0 Å². The lowest BCUT2D eigenvalue weighted by molar-refractivity contribution is -0.153. The molecule has 0 N–H and O–H groups in total. The molecule has 1 aliphatic rings. The molecule has 3 atom stereocenters. The Kier molecular flexibility index (Phi) is 4.53. The van der Waals surface area contributed by atoms with Gasteiger partial charge in [0.2, 0.25) is 0 Å². The molecule has 0 radical (unpaired) electrons. The minimum Gasteiger partial charge on any atom is -0.463 e. The molecule has 0 unspecified atom stereocenters. The number of benzene rings is 2. The molecule has 3 rings (SSSR count). The van der Waals surface area contributed by atoms with E-state index in [-0.39, 0.29) is 11.7 Å². The van der Waals surface area contributed by atoms with Crippen LogP contribution in [0.3, 0.4) is 0 Å². The lowest BCUT2D eigenvalue weighted by Gasteiger charge is -2.36. The fraction of sp³-hybridized carbons (Fsp3) is 0.286. The number of hydrogen-bond donors (Lipinski definition) is 0. The first kappa shape index (κ1) is 17.1. The normalized spacial score (nSPS) is 22.2. The fourth-order valence-electron chi connectivity index (χ4n) is 3.85. The molecule has 0 spiro atoms. The van der Waals surface area contributed by atoms with Gasteiger partial charge in [-0.05, 0) is 29.5 Å². The molecule has 2 aromatic rings. The second-order valence-electron chi connectivity index (χ2n) is 6.46. The van der Waals surface area contributed by atoms with Crippen molar-refractivity contribution in [2.24, 2.45) is 5.92 Å². The molecule has 1 aliphatic carbocycles. The molecule has 0 aliphatic heterocycles. The van der Waals surface area contributed by atoms with Crippen molar-refractivity contribution in [1.29, 1.82) is 0 Å². The van der Waals surface area contributed by atoms with E-state index in [0.29, 0.717) is 5.56 Å². The van der Waals surface area contributed by atoms with Gasteiger partial charge in [-0.1, -0.05) is 55.5 Å². The molecular formula is C21H20O4. The molecule has 128 valence electrons. The summed E-state index contributed by atoms with van der Waals surface area (Å²) in [4.78, 5) is 37.7. The van der Waals surface area contributed by atoms with E-state index >= 15 is 0 Å². The second kappa shape index (κ2) is 6.63. The highest BCUT2D eigenvalue weighted by Crippen LogP contribution is 2.46. The summed E-state index contributed by atoms with van der Waals surface area (Å²) in [6.45, 7) is 3.95. The van der Waals surface area contributed by atoms with Gasteiger partial charge in [0, 0.05) is 11.5 Å². The predicted molar refractivity (Wildman–Crippen MR) is 93.6 cm³/mol. The molecule has 2 aromatic carbocycles. The average molecular weight is 336 g/mol. The summed E-state index contributed by atoms with van der Waals surface area (Å²) in [6.07, 6.45) is 0. The zero-order valence-corrected chi connectivity index (χ0v) is 14.5. The van der Waals surface area contributed by atoms with Crippen LogP contribution in [0.2, 0.25) is 0 Å². The number of rotatable bonds is 3. The van der Waals surface area contributed by atoms with E-state index in [1.807, 2.05) is 50.2 Å². The first-order valence-corrected chi connectivity index (χ1v) is 8.28. The third-order valence-corrected chi connectivity index (χ3v) is 5.11. The summed E-state index contributed by atoms with van der Waals surface area (Å²) in [6, 6.07) is 15.0. The van der Waals surface area contributed by atoms with Gasteiger partial charge >= 0.3 is 5.97 Å². The monoisotopic (exact) mass is 336 g/mol. The van der Waals surface area contributed by atoms with E-state index in [1.165, 1.54) is 0 Å². The van der Waals surface area contributed by atoms with Crippen LogP contribution in [0, 0.1) is 12.8 Å². The number of carbonyl (C=O) groups excluding carboxylic acids is 3. The third kappa shape index (κ3) is 2.78. The summed E-state index contributed by atoms with van der Waals surface area (Å²) >= 11 is 0. The van der Waals surface area contributed by atoms with Crippen LogP contribution in [-0.4, -0.2) is 24.6 Å². The van der Waals surface area contributed by atoms with Crippen molar-refractivity contribution in [3.63, 3.8) is 0 Å². The van der Waals surface area contributed by atoms with E-state index in [4.69, 9.17) is 0 Å². The Balaban J connectivity index is 2.21. The van der Waals surface area contributed by atoms with E-state index < -0.39 is 23.6 Å². The fourth-order valence-corrected chi connectivity index (χ4v) is 3.85. The predicted octanol–water partition coefficient (Wildman–Crippen LogP) is 3.44. The number of aryl methyl sites for hydroxylation is 1. The number of fused-ring (bicyclic) bond motifs is 1. The smallest absolute Gasteiger partial charge is 0.375 e. The third-order valence-electron chi connectivity index (χ3n) is 5.11. The summed E-state index contributed by atoms with van der Waals surface area (Å²) in [5.74, 6) is -3.58. The Morgan fingerprint density at radius 3 is 2.20 bits per heavy atom. The quantitative estimate of drug-likeness (QED) is 0.489. The zero-order valence-electron chi connectivity index (χ0n) is 14.5. The Labute approximate surface area is 146 Å². The zero-order chi connectivity index (χ0) is 18.1. The highest BCUT2D eigenvalue weighted by Gasteiger charge is 2.47. The molecule has 0 bridgehead atoms. The topological polar surface area (TPSA) is 60.4 Å². The molecule has 0 aromatic heterocycles. The number of Topliss-reactive ketones (excluding diaryl/α,β-unsaturated/α-hetero) is 2. The van der Waals surface area contributed by atoms with Crippen LogP contribution in [-0.2, 0) is 14.3 Å². The average Bonchev–Trinajstić information content (AvgIpc) is 2.64. The summed E-state index contributed by atoms with van der Waals surface area (Å²) < 4.78 is 4.61. The molecule has 4 nitrogen and oxygen atoms in total. The first-order chi connectivity index (χ1) is 12.0. The standard InChI is InChI=1S/C21H20O4/c1-12-8-4-5-9-14(12)17-13(2)15-10-6-7-11-16(15)19(22)18(17)20(23)21(24)25-3/h4-11,13,17-18H,1-3H3/t13-,17+,18-/m1/s1. The molecule has 4 heteroatoms. The number of methoxy groups -OCH3 is 1. The number of hydrogen-bond acceptors (Lipinski definition) is 4. The minimum atomic E-state index is -1.06. The van der Waals surface area contributed by atoms with Gasteiger partial charge in [0.05, 0.1) is 7.11 Å². The van der Waals surface area contributed by atoms with Gasteiger partial charge in [-0.3, -0.25) is 9.59 Å². The van der Waals surface area contributed by atoms with Gasteiger partial charge in [-0.25, -0.2) is 4.79 Å². The van der Waals surface area contributed by atoms with Crippen molar-refractivity contribution in [3.05, 3.63) is 70.8 Å². The number of ketones is 2. The number of ether oxygens (including phenoxy) is 1. The summed E-state index contributed by atoms with van der Waals surface area (Å²) in [7, 11) is 1.16. The van der Waals surface area contributed by atoms with Crippen LogP contribution in [0.25, 0.3) is 0 Å².